The molecule has 0 bridgehead atoms. The summed E-state index contributed by atoms with van der Waals surface area (Å²) in [4.78, 5) is 12.0. The van der Waals surface area contributed by atoms with Gasteiger partial charge in [-0.2, -0.15) is 0 Å². The SMILES string of the molecule is CCCCCCCCCCCCOC(=O)C[N+]1(CC#CI)CCOCC1.Cc1ccc(S(=O)(=O)[O-])cc1. The van der Waals surface area contributed by atoms with E-state index < -0.39 is 10.1 Å². The van der Waals surface area contributed by atoms with Crippen LogP contribution in [0.3, 0.4) is 0 Å². The quantitative estimate of drug-likeness (QED) is 0.0615. The predicted molar refractivity (Wildman–Crippen MR) is 154 cm³/mol. The molecule has 0 unspecified atom stereocenters. The van der Waals surface area contributed by atoms with Crippen molar-refractivity contribution in [3.63, 3.8) is 0 Å². The number of halogens is 1. The van der Waals surface area contributed by atoms with E-state index in [0.717, 1.165) is 31.5 Å². The van der Waals surface area contributed by atoms with Crippen LogP contribution in [-0.4, -0.2) is 69.4 Å². The fraction of sp³-hybridized carbons (Fsp3) is 0.679. The molecule has 1 aromatic rings. The van der Waals surface area contributed by atoms with Crippen molar-refractivity contribution in [1.29, 1.82) is 0 Å². The molecule has 1 fully saturated rings. The van der Waals surface area contributed by atoms with Crippen LogP contribution in [0.2, 0.25) is 0 Å². The maximum absolute atomic E-state index is 12.2. The molecule has 0 spiro atoms. The zero-order valence-corrected chi connectivity index (χ0v) is 25.5. The highest BCUT2D eigenvalue weighted by Crippen LogP contribution is 2.13. The van der Waals surface area contributed by atoms with E-state index in [-0.39, 0.29) is 10.9 Å². The summed E-state index contributed by atoms with van der Waals surface area (Å²) >= 11 is 2.05. The Bertz CT molecular complexity index is 918. The average Bonchev–Trinajstić information content (AvgIpc) is 2.87. The lowest BCUT2D eigenvalue weighted by atomic mass is 10.1. The Morgan fingerprint density at radius 1 is 1.00 bits per heavy atom. The molecule has 1 aliphatic rings. The van der Waals surface area contributed by atoms with Gasteiger partial charge in [-0.05, 0) is 35.3 Å². The van der Waals surface area contributed by atoms with E-state index in [0.29, 0.717) is 37.4 Å². The fourth-order valence-electron chi connectivity index (χ4n) is 4.10. The Morgan fingerprint density at radius 2 is 1.54 bits per heavy atom. The van der Waals surface area contributed by atoms with Crippen LogP contribution in [0.15, 0.2) is 29.2 Å². The first kappa shape index (κ1) is 33.8. The summed E-state index contributed by atoms with van der Waals surface area (Å²) in [5.74, 6) is 3.04. The van der Waals surface area contributed by atoms with Gasteiger partial charge in [0.25, 0.3) is 0 Å². The van der Waals surface area contributed by atoms with E-state index in [4.69, 9.17) is 9.47 Å². The summed E-state index contributed by atoms with van der Waals surface area (Å²) in [7, 11) is -4.27. The fourth-order valence-corrected chi connectivity index (χ4v) is 4.74. The first-order valence-electron chi connectivity index (χ1n) is 13.4. The summed E-state index contributed by atoms with van der Waals surface area (Å²) in [6.07, 6.45) is 12.9. The van der Waals surface area contributed by atoms with Gasteiger partial charge in [-0.1, -0.05) is 82.4 Å². The van der Waals surface area contributed by atoms with Gasteiger partial charge in [0.2, 0.25) is 0 Å². The zero-order chi connectivity index (χ0) is 27.4. The monoisotopic (exact) mass is 649 g/mol. The van der Waals surface area contributed by atoms with Crippen LogP contribution in [0.25, 0.3) is 0 Å². The lowest BCUT2D eigenvalue weighted by molar-refractivity contribution is -0.921. The Kier molecular flexibility index (Phi) is 18.1. The molecule has 1 heterocycles. The second kappa shape index (κ2) is 19.8. The van der Waals surface area contributed by atoms with Crippen molar-refractivity contribution in [3.05, 3.63) is 29.8 Å². The maximum Gasteiger partial charge on any atom is 0.361 e. The minimum absolute atomic E-state index is 0.0851. The number of hydrogen-bond donors (Lipinski definition) is 0. The highest BCUT2D eigenvalue weighted by atomic mass is 127. The number of benzene rings is 1. The molecule has 9 heteroatoms. The molecule has 37 heavy (non-hydrogen) atoms. The molecular formula is C28H44INO6S. The third kappa shape index (κ3) is 16.4. The number of aryl methyl sites for hydroxylation is 1. The zero-order valence-electron chi connectivity index (χ0n) is 22.5. The molecule has 0 N–H and O–H groups in total. The van der Waals surface area contributed by atoms with Crippen LogP contribution in [0.4, 0.5) is 0 Å². The molecule has 2 rings (SSSR count). The molecule has 1 saturated heterocycles. The lowest BCUT2D eigenvalue weighted by Gasteiger charge is -2.38. The Balaban J connectivity index is 0.000000516. The Hall–Kier alpha value is -1.19. The largest absolute Gasteiger partial charge is 0.744 e. The number of rotatable bonds is 15. The van der Waals surface area contributed by atoms with Crippen LogP contribution >= 0.6 is 22.6 Å². The second-order valence-corrected chi connectivity index (χ2v) is 11.6. The van der Waals surface area contributed by atoms with Crippen molar-refractivity contribution in [1.82, 2.24) is 0 Å². The molecule has 0 atom stereocenters. The number of ether oxygens (including phenoxy) is 2. The van der Waals surface area contributed by atoms with Crippen LogP contribution in [0.5, 0.6) is 0 Å². The van der Waals surface area contributed by atoms with Gasteiger partial charge in [0.05, 0.1) is 24.7 Å². The van der Waals surface area contributed by atoms with Crippen molar-refractivity contribution < 1.29 is 31.7 Å². The van der Waals surface area contributed by atoms with Crippen LogP contribution < -0.4 is 0 Å². The summed E-state index contributed by atoms with van der Waals surface area (Å²) < 4.78 is 45.7. The van der Waals surface area contributed by atoms with E-state index in [9.17, 15) is 17.8 Å². The number of carbonyl (C=O) groups excluding carboxylic acids is 1. The number of nitrogens with zero attached hydrogens (tertiary/aromatic N) is 1. The molecular weight excluding hydrogens is 605 g/mol. The number of morpholine rings is 1. The minimum Gasteiger partial charge on any atom is -0.744 e. The highest BCUT2D eigenvalue weighted by Gasteiger charge is 2.33. The number of hydrogen-bond acceptors (Lipinski definition) is 6. The minimum atomic E-state index is -4.27. The first-order valence-corrected chi connectivity index (χ1v) is 15.9. The smallest absolute Gasteiger partial charge is 0.361 e. The standard InChI is InChI=1S/C21H37INO3.C7H8O3S/c1-2-3-4-5-6-7-8-9-10-11-17-26-21(24)20-23(14-12-13-22)15-18-25-19-16-23;1-6-2-4-7(5-3-6)11(8,9)10/h2-11,14-20H2,1H3;2-5H,1H3,(H,8,9,10)/q+1;/p-1. The van der Waals surface area contributed by atoms with Crippen LogP contribution in [0, 0.1) is 16.8 Å². The molecule has 0 radical (unpaired) electrons. The summed E-state index contributed by atoms with van der Waals surface area (Å²) in [6.45, 7) is 8.87. The maximum atomic E-state index is 12.2. The van der Waals surface area contributed by atoms with E-state index in [1.165, 1.54) is 63.5 Å². The second-order valence-electron chi connectivity index (χ2n) is 9.66. The van der Waals surface area contributed by atoms with Gasteiger partial charge in [-0.15, -0.1) is 0 Å². The Labute approximate surface area is 238 Å². The number of esters is 1. The van der Waals surface area contributed by atoms with Crippen molar-refractivity contribution >= 4 is 38.7 Å². The van der Waals surface area contributed by atoms with Gasteiger partial charge in [0.1, 0.15) is 29.8 Å². The van der Waals surface area contributed by atoms with E-state index in [1.54, 1.807) is 12.1 Å². The van der Waals surface area contributed by atoms with Gasteiger partial charge < -0.3 is 18.5 Å². The molecule has 0 saturated carbocycles. The Morgan fingerprint density at radius 3 is 2.05 bits per heavy atom. The van der Waals surface area contributed by atoms with Gasteiger partial charge in [0, 0.05) is 22.6 Å². The summed E-state index contributed by atoms with van der Waals surface area (Å²) in [6, 6.07) is 5.78. The predicted octanol–water partition coefficient (Wildman–Crippen LogP) is 5.59. The number of quaternary nitrogens is 1. The van der Waals surface area contributed by atoms with E-state index in [2.05, 4.69) is 39.4 Å². The third-order valence-corrected chi connectivity index (χ3v) is 7.67. The molecule has 7 nitrogen and oxygen atoms in total. The van der Waals surface area contributed by atoms with Crippen molar-refractivity contribution in [2.75, 3.05) is 46.0 Å². The highest BCUT2D eigenvalue weighted by molar-refractivity contribution is 14.1. The molecule has 1 aliphatic heterocycles. The molecule has 210 valence electrons. The van der Waals surface area contributed by atoms with Gasteiger partial charge >= 0.3 is 5.97 Å². The van der Waals surface area contributed by atoms with Crippen molar-refractivity contribution in [3.8, 4) is 9.85 Å². The number of unbranched alkanes of at least 4 members (excludes halogenated alkanes) is 9. The van der Waals surface area contributed by atoms with Crippen LogP contribution in [0.1, 0.15) is 76.7 Å². The average molecular weight is 650 g/mol. The van der Waals surface area contributed by atoms with Gasteiger partial charge in [-0.3, -0.25) is 0 Å². The first-order chi connectivity index (χ1) is 17.7. The van der Waals surface area contributed by atoms with Crippen molar-refractivity contribution in [2.45, 2.75) is 83.0 Å². The third-order valence-electron chi connectivity index (χ3n) is 6.44. The summed E-state index contributed by atoms with van der Waals surface area (Å²) in [5.41, 5.74) is 0.928. The van der Waals surface area contributed by atoms with Crippen molar-refractivity contribution in [2.24, 2.45) is 0 Å². The molecule has 1 aromatic carbocycles. The summed E-state index contributed by atoms with van der Waals surface area (Å²) in [5, 5.41) is 0. The van der Waals surface area contributed by atoms with E-state index in [1.807, 2.05) is 6.92 Å². The van der Waals surface area contributed by atoms with Gasteiger partial charge in [0.15, 0.2) is 6.54 Å². The number of carbonyl (C=O) groups is 1. The van der Waals surface area contributed by atoms with Crippen LogP contribution in [-0.2, 0) is 24.4 Å². The van der Waals surface area contributed by atoms with Gasteiger partial charge in [-0.25, -0.2) is 13.2 Å². The molecule has 0 amide bonds. The normalized spacial score (nSPS) is 14.6. The molecule has 0 aromatic heterocycles. The topological polar surface area (TPSA) is 92.7 Å². The molecule has 0 aliphatic carbocycles. The van der Waals surface area contributed by atoms with E-state index >= 15 is 0 Å². The lowest BCUT2D eigenvalue weighted by Crippen LogP contribution is -2.57.